The van der Waals surface area contributed by atoms with Crippen molar-refractivity contribution in [1.29, 1.82) is 0 Å². The Bertz CT molecular complexity index is 927. The molecule has 0 aliphatic carbocycles. The lowest BCUT2D eigenvalue weighted by atomic mass is 10.1. The largest absolute Gasteiger partial charge is 0.373 e. The van der Waals surface area contributed by atoms with Gasteiger partial charge in [0.15, 0.2) is 0 Å². The van der Waals surface area contributed by atoms with E-state index in [0.29, 0.717) is 0 Å². The normalized spacial score (nSPS) is 14.5. The van der Waals surface area contributed by atoms with Gasteiger partial charge in [-0.05, 0) is 31.5 Å². The summed E-state index contributed by atoms with van der Waals surface area (Å²) in [6.45, 7) is 5.79. The van der Waals surface area contributed by atoms with Crippen LogP contribution in [-0.4, -0.2) is 28.1 Å². The van der Waals surface area contributed by atoms with Crippen LogP contribution in [0.5, 0.6) is 0 Å². The Morgan fingerprint density at radius 2 is 1.85 bits per heavy atom. The number of hydrogen-bond acceptors (Lipinski definition) is 5. The van der Waals surface area contributed by atoms with Crippen LogP contribution < -0.4 is 15.8 Å². The summed E-state index contributed by atoms with van der Waals surface area (Å²) in [5.41, 5.74) is 1.87. The van der Waals surface area contributed by atoms with Crippen molar-refractivity contribution in [2.75, 3.05) is 23.3 Å². The van der Waals surface area contributed by atoms with E-state index in [1.54, 1.807) is 0 Å². The zero-order chi connectivity index (χ0) is 18.1. The third-order valence-corrected chi connectivity index (χ3v) is 5.95. The van der Waals surface area contributed by atoms with Gasteiger partial charge in [-0.2, -0.15) is 0 Å². The van der Waals surface area contributed by atoms with Crippen molar-refractivity contribution in [3.8, 4) is 10.4 Å². The molecule has 0 radical (unpaired) electrons. The molecule has 1 fully saturated rings. The fraction of sp³-hybridized carbons (Fsp3) is 0.300. The summed E-state index contributed by atoms with van der Waals surface area (Å²) in [4.78, 5) is 20.5. The highest BCUT2D eigenvalue weighted by molar-refractivity contribution is 7.11. The van der Waals surface area contributed by atoms with E-state index >= 15 is 0 Å². The number of aromatic nitrogens is 2. The van der Waals surface area contributed by atoms with E-state index in [2.05, 4.69) is 27.3 Å². The van der Waals surface area contributed by atoms with Gasteiger partial charge < -0.3 is 10.2 Å². The molecule has 1 saturated heterocycles. The van der Waals surface area contributed by atoms with E-state index in [4.69, 9.17) is 0 Å². The van der Waals surface area contributed by atoms with Crippen molar-refractivity contribution >= 4 is 23.0 Å². The Morgan fingerprint density at radius 3 is 2.50 bits per heavy atom. The Balaban J connectivity index is 1.58. The van der Waals surface area contributed by atoms with E-state index in [0.717, 1.165) is 35.0 Å². The minimum Gasteiger partial charge on any atom is -0.373 e. The highest BCUT2D eigenvalue weighted by atomic mass is 32.1. The van der Waals surface area contributed by atoms with E-state index < -0.39 is 0 Å². The second kappa shape index (κ2) is 6.96. The third-order valence-electron chi connectivity index (χ3n) is 4.54. The molecule has 26 heavy (non-hydrogen) atoms. The SMILES string of the molecule is CC(C)n1sc(-c2ccccc2)c(NC2CN(c3ccccn3)C2)c1=O. The van der Waals surface area contributed by atoms with Gasteiger partial charge in [0.2, 0.25) is 0 Å². The summed E-state index contributed by atoms with van der Waals surface area (Å²) in [5, 5.41) is 3.50. The van der Waals surface area contributed by atoms with Gasteiger partial charge in [0.25, 0.3) is 5.56 Å². The molecular weight excluding hydrogens is 344 g/mol. The van der Waals surface area contributed by atoms with Crippen LogP contribution in [0.15, 0.2) is 59.5 Å². The summed E-state index contributed by atoms with van der Waals surface area (Å²) in [6, 6.07) is 16.5. The number of rotatable bonds is 5. The van der Waals surface area contributed by atoms with Crippen molar-refractivity contribution in [2.24, 2.45) is 0 Å². The fourth-order valence-electron chi connectivity index (χ4n) is 3.15. The van der Waals surface area contributed by atoms with Crippen LogP contribution in [0.3, 0.4) is 0 Å². The maximum atomic E-state index is 12.9. The topological polar surface area (TPSA) is 50.2 Å². The summed E-state index contributed by atoms with van der Waals surface area (Å²) in [7, 11) is 0. The molecule has 0 spiro atoms. The quantitative estimate of drug-likeness (QED) is 0.745. The molecule has 6 heteroatoms. The lowest BCUT2D eigenvalue weighted by Gasteiger charge is -2.40. The van der Waals surface area contributed by atoms with Crippen molar-refractivity contribution in [2.45, 2.75) is 25.9 Å². The van der Waals surface area contributed by atoms with Gasteiger partial charge >= 0.3 is 0 Å². The average Bonchev–Trinajstić information content (AvgIpc) is 2.96. The molecule has 5 nitrogen and oxygen atoms in total. The number of anilines is 2. The molecule has 1 N–H and O–H groups in total. The van der Waals surface area contributed by atoms with Crippen LogP contribution in [0, 0.1) is 0 Å². The monoisotopic (exact) mass is 366 g/mol. The molecule has 1 aromatic carbocycles. The molecule has 0 amide bonds. The van der Waals surface area contributed by atoms with Crippen molar-refractivity contribution in [3.05, 3.63) is 65.1 Å². The average molecular weight is 366 g/mol. The minimum absolute atomic E-state index is 0.0696. The summed E-state index contributed by atoms with van der Waals surface area (Å²) in [6.07, 6.45) is 1.81. The molecule has 1 aliphatic heterocycles. The summed E-state index contributed by atoms with van der Waals surface area (Å²) >= 11 is 1.54. The van der Waals surface area contributed by atoms with Crippen LogP contribution in [0.1, 0.15) is 19.9 Å². The third kappa shape index (κ3) is 3.12. The maximum absolute atomic E-state index is 12.9. The molecule has 2 aromatic heterocycles. The Kier molecular flexibility index (Phi) is 4.51. The second-order valence-corrected chi connectivity index (χ2v) is 7.80. The van der Waals surface area contributed by atoms with Crippen molar-refractivity contribution < 1.29 is 0 Å². The van der Waals surface area contributed by atoms with Gasteiger partial charge in [0.1, 0.15) is 11.5 Å². The first-order valence-corrected chi connectivity index (χ1v) is 9.64. The second-order valence-electron chi connectivity index (χ2n) is 6.82. The first-order chi connectivity index (χ1) is 12.6. The molecular formula is C20H22N4OS. The molecule has 1 aliphatic rings. The van der Waals surface area contributed by atoms with Gasteiger partial charge in [-0.15, -0.1) is 0 Å². The maximum Gasteiger partial charge on any atom is 0.284 e. The van der Waals surface area contributed by atoms with Crippen LogP contribution >= 0.6 is 11.5 Å². The zero-order valence-corrected chi connectivity index (χ0v) is 15.7. The number of benzene rings is 1. The van der Waals surface area contributed by atoms with E-state index in [-0.39, 0.29) is 17.6 Å². The van der Waals surface area contributed by atoms with Gasteiger partial charge in [-0.3, -0.25) is 8.75 Å². The Morgan fingerprint density at radius 1 is 1.12 bits per heavy atom. The summed E-state index contributed by atoms with van der Waals surface area (Å²) < 4.78 is 1.85. The van der Waals surface area contributed by atoms with Crippen LogP contribution in [0.25, 0.3) is 10.4 Å². The molecule has 0 bridgehead atoms. The zero-order valence-electron chi connectivity index (χ0n) is 14.9. The Labute approximate surface area is 157 Å². The summed E-state index contributed by atoms with van der Waals surface area (Å²) in [5.74, 6) is 0.985. The van der Waals surface area contributed by atoms with Crippen molar-refractivity contribution in [1.82, 2.24) is 8.94 Å². The predicted molar refractivity (Wildman–Crippen MR) is 108 cm³/mol. The van der Waals surface area contributed by atoms with Crippen molar-refractivity contribution in [3.63, 3.8) is 0 Å². The van der Waals surface area contributed by atoms with Crippen LogP contribution in [-0.2, 0) is 0 Å². The van der Waals surface area contributed by atoms with Gasteiger partial charge in [0.05, 0.1) is 10.9 Å². The van der Waals surface area contributed by atoms with E-state index in [1.807, 2.05) is 60.4 Å². The smallest absolute Gasteiger partial charge is 0.284 e. The molecule has 4 rings (SSSR count). The fourth-order valence-corrected chi connectivity index (χ4v) is 4.21. The number of nitrogens with zero attached hydrogens (tertiary/aromatic N) is 3. The molecule has 3 heterocycles. The van der Waals surface area contributed by atoms with Gasteiger partial charge in [-0.25, -0.2) is 4.98 Å². The Hall–Kier alpha value is -2.60. The molecule has 134 valence electrons. The predicted octanol–water partition coefficient (Wildman–Crippen LogP) is 3.85. The number of nitrogens with one attached hydrogen (secondary N) is 1. The number of pyridine rings is 1. The molecule has 0 unspecified atom stereocenters. The molecule has 0 atom stereocenters. The first-order valence-electron chi connectivity index (χ1n) is 8.87. The molecule has 3 aromatic rings. The number of hydrogen-bond donors (Lipinski definition) is 1. The first kappa shape index (κ1) is 16.8. The molecule has 0 saturated carbocycles. The van der Waals surface area contributed by atoms with Crippen LogP contribution in [0.4, 0.5) is 11.5 Å². The van der Waals surface area contributed by atoms with E-state index in [1.165, 1.54) is 11.5 Å². The van der Waals surface area contributed by atoms with Gasteiger partial charge in [0, 0.05) is 25.3 Å². The lowest BCUT2D eigenvalue weighted by molar-refractivity contribution is 0.543. The van der Waals surface area contributed by atoms with Crippen LogP contribution in [0.2, 0.25) is 0 Å². The van der Waals surface area contributed by atoms with E-state index in [9.17, 15) is 4.79 Å². The minimum atomic E-state index is 0.0696. The highest BCUT2D eigenvalue weighted by Crippen LogP contribution is 2.33. The standard InChI is InChI=1S/C20H22N4OS/c1-14(2)24-20(25)18(19(26-24)15-8-4-3-5-9-15)22-16-12-23(13-16)17-10-6-7-11-21-17/h3-11,14,16,22H,12-13H2,1-2H3. The highest BCUT2D eigenvalue weighted by Gasteiger charge is 2.30. The van der Waals surface area contributed by atoms with Gasteiger partial charge in [-0.1, -0.05) is 47.9 Å². The lowest BCUT2D eigenvalue weighted by Crippen LogP contribution is -2.55.